The number of hydrogen-bond acceptors (Lipinski definition) is 4. The molecule has 3 aromatic rings. The molecule has 0 saturated carbocycles. The summed E-state index contributed by atoms with van der Waals surface area (Å²) in [7, 11) is 0. The number of benzene rings is 1. The van der Waals surface area contributed by atoms with E-state index in [1.54, 1.807) is 17.2 Å². The standard InChI is InChI=1S/C25H24F4N4O/c1-16-5-3-4-6-19(16)20-9-11-30-22(33-12-10-24(2,26)15-33)21(20)32-23(34)17-7-8-18(31-14-17)13-25(27,28)29/h3-9,11,14H,10,12-13,15H2,1-2H3,(H,32,34). The van der Waals surface area contributed by atoms with Gasteiger partial charge in [0, 0.05) is 36.6 Å². The second-order valence-electron chi connectivity index (χ2n) is 8.74. The van der Waals surface area contributed by atoms with Gasteiger partial charge < -0.3 is 10.2 Å². The van der Waals surface area contributed by atoms with Gasteiger partial charge in [-0.25, -0.2) is 9.37 Å². The number of carbonyl (C=O) groups excluding carboxylic acids is 1. The lowest BCUT2D eigenvalue weighted by Gasteiger charge is -2.24. The van der Waals surface area contributed by atoms with E-state index in [0.29, 0.717) is 30.0 Å². The quantitative estimate of drug-likeness (QED) is 0.481. The number of amides is 1. The summed E-state index contributed by atoms with van der Waals surface area (Å²) in [4.78, 5) is 23.1. The second-order valence-corrected chi connectivity index (χ2v) is 8.74. The van der Waals surface area contributed by atoms with E-state index >= 15 is 0 Å². The molecule has 1 saturated heterocycles. The zero-order chi connectivity index (χ0) is 24.5. The van der Waals surface area contributed by atoms with Gasteiger partial charge >= 0.3 is 6.18 Å². The highest BCUT2D eigenvalue weighted by Gasteiger charge is 2.36. The number of carbonyl (C=O) groups is 1. The van der Waals surface area contributed by atoms with Crippen LogP contribution in [0.15, 0.2) is 54.9 Å². The average Bonchev–Trinajstić information content (AvgIpc) is 3.13. The van der Waals surface area contributed by atoms with E-state index in [0.717, 1.165) is 17.3 Å². The Bertz CT molecular complexity index is 1190. The molecule has 9 heteroatoms. The molecule has 0 bridgehead atoms. The number of hydrogen-bond donors (Lipinski definition) is 1. The van der Waals surface area contributed by atoms with Crippen molar-refractivity contribution in [3.63, 3.8) is 0 Å². The SMILES string of the molecule is Cc1ccccc1-c1ccnc(N2CCC(C)(F)C2)c1NC(=O)c1ccc(CC(F)(F)F)nc1. The Labute approximate surface area is 194 Å². The van der Waals surface area contributed by atoms with Crippen molar-refractivity contribution in [2.24, 2.45) is 0 Å². The molecule has 1 atom stereocenters. The van der Waals surface area contributed by atoms with Gasteiger partial charge in [-0.15, -0.1) is 0 Å². The summed E-state index contributed by atoms with van der Waals surface area (Å²) in [5.74, 6) is -0.102. The number of nitrogens with one attached hydrogen (secondary N) is 1. The van der Waals surface area contributed by atoms with Crippen molar-refractivity contribution in [2.75, 3.05) is 23.3 Å². The molecule has 178 valence electrons. The van der Waals surface area contributed by atoms with E-state index in [-0.39, 0.29) is 17.8 Å². The van der Waals surface area contributed by atoms with Crippen molar-refractivity contribution in [1.82, 2.24) is 9.97 Å². The van der Waals surface area contributed by atoms with Crippen LogP contribution >= 0.6 is 0 Å². The molecular formula is C25H24F4N4O. The molecule has 1 fully saturated rings. The Balaban J connectivity index is 1.70. The van der Waals surface area contributed by atoms with E-state index in [2.05, 4.69) is 15.3 Å². The van der Waals surface area contributed by atoms with Gasteiger partial charge in [-0.05, 0) is 43.2 Å². The first-order chi connectivity index (χ1) is 16.0. The van der Waals surface area contributed by atoms with E-state index in [1.807, 2.05) is 31.2 Å². The molecule has 1 N–H and O–H groups in total. The van der Waals surface area contributed by atoms with Gasteiger partial charge in [-0.3, -0.25) is 9.78 Å². The maximum Gasteiger partial charge on any atom is 0.394 e. The Hall–Kier alpha value is -3.49. The lowest BCUT2D eigenvalue weighted by Crippen LogP contribution is -2.28. The first kappa shape index (κ1) is 23.7. The van der Waals surface area contributed by atoms with Crippen LogP contribution < -0.4 is 10.2 Å². The van der Waals surface area contributed by atoms with Gasteiger partial charge in [0.15, 0.2) is 5.82 Å². The Morgan fingerprint density at radius 2 is 1.88 bits per heavy atom. The predicted molar refractivity (Wildman–Crippen MR) is 123 cm³/mol. The highest BCUT2D eigenvalue weighted by molar-refractivity contribution is 6.08. The van der Waals surface area contributed by atoms with Crippen molar-refractivity contribution in [3.8, 4) is 11.1 Å². The smallest absolute Gasteiger partial charge is 0.352 e. The first-order valence-corrected chi connectivity index (χ1v) is 10.8. The maximum atomic E-state index is 14.6. The van der Waals surface area contributed by atoms with Crippen LogP contribution in [0.3, 0.4) is 0 Å². The van der Waals surface area contributed by atoms with Gasteiger partial charge in [-0.2, -0.15) is 13.2 Å². The monoisotopic (exact) mass is 472 g/mol. The molecule has 5 nitrogen and oxygen atoms in total. The largest absolute Gasteiger partial charge is 0.394 e. The number of pyridine rings is 2. The fourth-order valence-corrected chi connectivity index (χ4v) is 4.07. The van der Waals surface area contributed by atoms with Gasteiger partial charge in [0.25, 0.3) is 5.91 Å². The van der Waals surface area contributed by atoms with Crippen LogP contribution in [0.25, 0.3) is 11.1 Å². The van der Waals surface area contributed by atoms with Crippen molar-refractivity contribution in [2.45, 2.75) is 38.5 Å². The molecule has 34 heavy (non-hydrogen) atoms. The minimum atomic E-state index is -4.38. The topological polar surface area (TPSA) is 58.1 Å². The zero-order valence-electron chi connectivity index (χ0n) is 18.8. The Kier molecular flexibility index (Phi) is 6.29. The van der Waals surface area contributed by atoms with Crippen molar-refractivity contribution in [1.29, 1.82) is 0 Å². The Morgan fingerprint density at radius 3 is 2.50 bits per heavy atom. The summed E-state index contributed by atoms with van der Waals surface area (Å²) < 4.78 is 52.5. The zero-order valence-corrected chi connectivity index (χ0v) is 18.8. The van der Waals surface area contributed by atoms with Gasteiger partial charge in [0.1, 0.15) is 5.67 Å². The van der Waals surface area contributed by atoms with Crippen LogP contribution in [-0.2, 0) is 6.42 Å². The van der Waals surface area contributed by atoms with E-state index in [1.165, 1.54) is 19.1 Å². The number of aryl methyl sites for hydroxylation is 1. The van der Waals surface area contributed by atoms with Crippen molar-refractivity contribution < 1.29 is 22.4 Å². The number of nitrogens with zero attached hydrogens (tertiary/aromatic N) is 3. The summed E-state index contributed by atoms with van der Waals surface area (Å²) >= 11 is 0. The minimum absolute atomic E-state index is 0.105. The highest BCUT2D eigenvalue weighted by atomic mass is 19.4. The number of rotatable bonds is 5. The lowest BCUT2D eigenvalue weighted by atomic mass is 9.99. The summed E-state index contributed by atoms with van der Waals surface area (Å²) in [6, 6.07) is 11.9. The molecule has 1 amide bonds. The predicted octanol–water partition coefficient (Wildman–Crippen LogP) is 5.75. The fraction of sp³-hybridized carbons (Fsp3) is 0.320. The number of alkyl halides is 4. The molecule has 0 radical (unpaired) electrons. The van der Waals surface area contributed by atoms with E-state index in [4.69, 9.17) is 0 Å². The lowest BCUT2D eigenvalue weighted by molar-refractivity contribution is -0.127. The third-order valence-corrected chi connectivity index (χ3v) is 5.80. The van der Waals surface area contributed by atoms with Gasteiger partial charge in [0.2, 0.25) is 0 Å². The molecule has 1 aromatic carbocycles. The van der Waals surface area contributed by atoms with Crippen LogP contribution in [-0.4, -0.2) is 40.8 Å². The van der Waals surface area contributed by atoms with Crippen LogP contribution in [0.4, 0.5) is 29.1 Å². The second kappa shape index (κ2) is 9.04. The molecule has 0 spiro atoms. The first-order valence-electron chi connectivity index (χ1n) is 10.8. The summed E-state index contributed by atoms with van der Waals surface area (Å²) in [6.07, 6.45) is -2.48. The summed E-state index contributed by atoms with van der Waals surface area (Å²) in [6.45, 7) is 4.05. The van der Waals surface area contributed by atoms with Crippen molar-refractivity contribution >= 4 is 17.4 Å². The normalized spacial score (nSPS) is 18.2. The van der Waals surface area contributed by atoms with Crippen molar-refractivity contribution in [3.05, 3.63) is 71.7 Å². The van der Waals surface area contributed by atoms with Crippen LogP contribution in [0, 0.1) is 6.92 Å². The van der Waals surface area contributed by atoms with E-state index in [9.17, 15) is 22.4 Å². The molecule has 3 heterocycles. The average molecular weight is 472 g/mol. The number of aromatic nitrogens is 2. The van der Waals surface area contributed by atoms with E-state index < -0.39 is 24.2 Å². The van der Waals surface area contributed by atoms with Crippen LogP contribution in [0.1, 0.15) is 35.0 Å². The molecule has 1 unspecified atom stereocenters. The van der Waals surface area contributed by atoms with Gasteiger partial charge in [-0.1, -0.05) is 24.3 Å². The molecule has 2 aromatic heterocycles. The molecule has 4 rings (SSSR count). The van der Waals surface area contributed by atoms with Crippen LogP contribution in [0.2, 0.25) is 0 Å². The minimum Gasteiger partial charge on any atom is -0.352 e. The third-order valence-electron chi connectivity index (χ3n) is 5.80. The molecular weight excluding hydrogens is 448 g/mol. The summed E-state index contributed by atoms with van der Waals surface area (Å²) in [5.41, 5.74) is 1.54. The van der Waals surface area contributed by atoms with Gasteiger partial charge in [0.05, 0.1) is 24.2 Å². The molecule has 1 aliphatic rings. The number of halogens is 4. The highest BCUT2D eigenvalue weighted by Crippen LogP contribution is 2.39. The Morgan fingerprint density at radius 1 is 1.12 bits per heavy atom. The molecule has 1 aliphatic heterocycles. The third kappa shape index (κ3) is 5.35. The maximum absolute atomic E-state index is 14.6. The molecule has 0 aliphatic carbocycles. The fourth-order valence-electron chi connectivity index (χ4n) is 4.07. The summed E-state index contributed by atoms with van der Waals surface area (Å²) in [5, 5.41) is 2.87. The van der Waals surface area contributed by atoms with Crippen LogP contribution in [0.5, 0.6) is 0 Å². The number of anilines is 2.